The number of fused-ring (bicyclic) bond motifs is 10. The highest BCUT2D eigenvalue weighted by atomic mass is 32.1. The number of thiophene rings is 1. The van der Waals surface area contributed by atoms with Gasteiger partial charge in [0.15, 0.2) is 0 Å². The predicted molar refractivity (Wildman–Crippen MR) is 141 cm³/mol. The minimum absolute atomic E-state index is 0.989. The van der Waals surface area contributed by atoms with E-state index in [2.05, 4.69) is 96.1 Å². The number of rotatable bonds is 1. The highest BCUT2D eigenvalue weighted by Gasteiger charge is 2.23. The summed E-state index contributed by atoms with van der Waals surface area (Å²) in [5.74, 6) is 0. The average Bonchev–Trinajstić information content (AvgIpc) is 3.23. The molecule has 0 unspecified atom stereocenters. The van der Waals surface area contributed by atoms with E-state index in [0.717, 1.165) is 22.6 Å². The fraction of sp³-hybridized carbons (Fsp3) is 0.0333. The fourth-order valence-electron chi connectivity index (χ4n) is 5.13. The lowest BCUT2D eigenvalue weighted by Gasteiger charge is -2.24. The summed E-state index contributed by atoms with van der Waals surface area (Å²) in [7, 11) is 0. The van der Waals surface area contributed by atoms with Crippen LogP contribution >= 0.6 is 11.3 Å². The Morgan fingerprint density at radius 1 is 0.697 bits per heavy atom. The molecule has 1 aliphatic rings. The molecule has 0 spiro atoms. The monoisotopic (exact) mass is 440 g/mol. The molecular weight excluding hydrogens is 420 g/mol. The third kappa shape index (κ3) is 2.76. The number of anilines is 2. The predicted octanol–water partition coefficient (Wildman–Crippen LogP) is 8.82. The van der Waals surface area contributed by atoms with E-state index >= 15 is 0 Å². The first-order valence-electron chi connectivity index (χ1n) is 11.1. The Bertz CT molecular complexity index is 1700. The van der Waals surface area contributed by atoms with Crippen LogP contribution in [0.15, 0.2) is 97.2 Å². The fourth-order valence-corrected chi connectivity index (χ4v) is 6.28. The third-order valence-electron chi connectivity index (χ3n) is 6.66. The number of pyridine rings is 1. The zero-order valence-corrected chi connectivity index (χ0v) is 18.9. The van der Waals surface area contributed by atoms with E-state index in [1.807, 2.05) is 29.7 Å². The summed E-state index contributed by atoms with van der Waals surface area (Å²) in [5.41, 5.74) is 10.8. The van der Waals surface area contributed by atoms with E-state index in [0.29, 0.717) is 0 Å². The van der Waals surface area contributed by atoms with Crippen LogP contribution in [0.3, 0.4) is 0 Å². The van der Waals surface area contributed by atoms with Gasteiger partial charge in [-0.05, 0) is 66.1 Å². The van der Waals surface area contributed by atoms with Crippen LogP contribution in [0.2, 0.25) is 0 Å². The molecule has 1 N–H and O–H groups in total. The Morgan fingerprint density at radius 3 is 2.42 bits per heavy atom. The number of hydrogen-bond donors (Lipinski definition) is 1. The smallest absolute Gasteiger partial charge is 0.0702 e. The van der Waals surface area contributed by atoms with Crippen LogP contribution in [-0.2, 0) is 0 Å². The Kier molecular flexibility index (Phi) is 3.96. The maximum absolute atomic E-state index is 4.59. The normalized spacial score (nSPS) is 12.0. The van der Waals surface area contributed by atoms with Crippen molar-refractivity contribution in [1.82, 2.24) is 4.98 Å². The van der Waals surface area contributed by atoms with E-state index in [-0.39, 0.29) is 0 Å². The van der Waals surface area contributed by atoms with Crippen LogP contribution in [0.4, 0.5) is 11.4 Å². The van der Waals surface area contributed by atoms with Gasteiger partial charge in [0, 0.05) is 54.4 Å². The first-order valence-corrected chi connectivity index (χ1v) is 12.0. The number of benzene rings is 4. The summed E-state index contributed by atoms with van der Waals surface area (Å²) in [6, 6.07) is 32.5. The standard InChI is InChI=1S/C30H20N2S/c1-18-22-17-28-30(21-9-3-5-12-27(21)33-28)29(18)20-8-2-4-11-25(20)32-26-14-13-19(16-23(22)26)24-10-6-7-15-31-24/h2-17,32H,1H3. The number of nitrogens with zero attached hydrogens (tertiary/aromatic N) is 1. The SMILES string of the molecule is Cc1c2cc3sc4ccccc4c3c1-c1ccccc1Nc1ccc(-c3ccccn3)cc1-2. The lowest BCUT2D eigenvalue weighted by Crippen LogP contribution is -2.02. The van der Waals surface area contributed by atoms with Gasteiger partial charge in [-0.1, -0.05) is 48.5 Å². The topological polar surface area (TPSA) is 24.9 Å². The third-order valence-corrected chi connectivity index (χ3v) is 7.78. The van der Waals surface area contributed by atoms with Crippen molar-refractivity contribution in [3.8, 4) is 33.5 Å². The molecule has 3 heterocycles. The lowest BCUT2D eigenvalue weighted by atomic mass is 9.86. The lowest BCUT2D eigenvalue weighted by molar-refractivity contribution is 1.32. The first kappa shape index (κ1) is 18.6. The molecule has 2 nitrogen and oxygen atoms in total. The van der Waals surface area contributed by atoms with E-state index in [1.54, 1.807) is 0 Å². The molecule has 156 valence electrons. The van der Waals surface area contributed by atoms with Crippen molar-refractivity contribution in [1.29, 1.82) is 0 Å². The van der Waals surface area contributed by atoms with Crippen LogP contribution in [-0.4, -0.2) is 4.98 Å². The largest absolute Gasteiger partial charge is 0.355 e. The maximum atomic E-state index is 4.59. The van der Waals surface area contributed by atoms with Crippen LogP contribution in [0.1, 0.15) is 5.56 Å². The summed E-state index contributed by atoms with van der Waals surface area (Å²) in [4.78, 5) is 4.59. The molecule has 0 radical (unpaired) electrons. The van der Waals surface area contributed by atoms with E-state index in [1.165, 1.54) is 48.0 Å². The Hall–Kier alpha value is -3.95. The van der Waals surface area contributed by atoms with E-state index in [4.69, 9.17) is 0 Å². The van der Waals surface area contributed by atoms with Gasteiger partial charge in [-0.25, -0.2) is 0 Å². The Balaban J connectivity index is 1.62. The van der Waals surface area contributed by atoms with Crippen molar-refractivity contribution in [2.75, 3.05) is 5.32 Å². The molecular formula is C30H20N2S. The van der Waals surface area contributed by atoms with Crippen molar-refractivity contribution in [2.45, 2.75) is 6.92 Å². The van der Waals surface area contributed by atoms with Crippen molar-refractivity contribution in [3.05, 3.63) is 103 Å². The van der Waals surface area contributed by atoms with Gasteiger partial charge in [0.05, 0.1) is 5.69 Å². The highest BCUT2D eigenvalue weighted by molar-refractivity contribution is 7.26. The summed E-state index contributed by atoms with van der Waals surface area (Å²) >= 11 is 1.88. The quantitative estimate of drug-likeness (QED) is 0.276. The zero-order chi connectivity index (χ0) is 21.9. The molecule has 7 rings (SSSR count). The molecule has 2 bridgehead atoms. The van der Waals surface area contributed by atoms with E-state index in [9.17, 15) is 0 Å². The minimum atomic E-state index is 0.989. The molecule has 0 saturated carbocycles. The molecule has 0 amide bonds. The maximum Gasteiger partial charge on any atom is 0.0702 e. The number of para-hydroxylation sites is 1. The second-order valence-corrected chi connectivity index (χ2v) is 9.63. The molecule has 3 heteroatoms. The molecule has 0 saturated heterocycles. The van der Waals surface area contributed by atoms with Crippen LogP contribution in [0.25, 0.3) is 53.7 Å². The summed E-state index contributed by atoms with van der Waals surface area (Å²) < 4.78 is 2.66. The second kappa shape index (κ2) is 7.03. The molecule has 6 aromatic rings. The Morgan fingerprint density at radius 2 is 1.52 bits per heavy atom. The molecule has 2 aromatic heterocycles. The van der Waals surface area contributed by atoms with E-state index < -0.39 is 0 Å². The van der Waals surface area contributed by atoms with Crippen molar-refractivity contribution in [3.63, 3.8) is 0 Å². The highest BCUT2D eigenvalue weighted by Crippen LogP contribution is 2.50. The van der Waals surface area contributed by atoms with Gasteiger partial charge in [-0.2, -0.15) is 0 Å². The number of nitrogens with one attached hydrogen (secondary N) is 1. The van der Waals surface area contributed by atoms with Crippen LogP contribution in [0.5, 0.6) is 0 Å². The van der Waals surface area contributed by atoms with Gasteiger partial charge in [0.1, 0.15) is 0 Å². The van der Waals surface area contributed by atoms with Crippen LogP contribution < -0.4 is 5.32 Å². The van der Waals surface area contributed by atoms with Gasteiger partial charge in [-0.3, -0.25) is 4.98 Å². The molecule has 0 atom stereocenters. The van der Waals surface area contributed by atoms with Crippen LogP contribution in [0, 0.1) is 6.92 Å². The van der Waals surface area contributed by atoms with Gasteiger partial charge >= 0.3 is 0 Å². The van der Waals surface area contributed by atoms with Crippen molar-refractivity contribution in [2.24, 2.45) is 0 Å². The summed E-state index contributed by atoms with van der Waals surface area (Å²) in [6.45, 7) is 2.27. The average molecular weight is 441 g/mol. The molecule has 0 aliphatic carbocycles. The summed E-state index contributed by atoms with van der Waals surface area (Å²) in [5, 5.41) is 6.44. The Labute approximate surface area is 196 Å². The van der Waals surface area contributed by atoms with Crippen molar-refractivity contribution < 1.29 is 0 Å². The molecule has 4 aromatic carbocycles. The first-order chi connectivity index (χ1) is 16.3. The molecule has 0 fully saturated rings. The molecule has 33 heavy (non-hydrogen) atoms. The van der Waals surface area contributed by atoms with Crippen molar-refractivity contribution >= 4 is 42.9 Å². The van der Waals surface area contributed by atoms with Gasteiger partial charge in [0.2, 0.25) is 0 Å². The summed E-state index contributed by atoms with van der Waals surface area (Å²) in [6.07, 6.45) is 1.85. The van der Waals surface area contributed by atoms with Gasteiger partial charge < -0.3 is 5.32 Å². The molecule has 1 aliphatic heterocycles. The van der Waals surface area contributed by atoms with Gasteiger partial charge in [0.25, 0.3) is 0 Å². The minimum Gasteiger partial charge on any atom is -0.355 e. The second-order valence-electron chi connectivity index (χ2n) is 8.54. The number of hydrogen-bond acceptors (Lipinski definition) is 3. The zero-order valence-electron chi connectivity index (χ0n) is 18.1. The number of aromatic nitrogens is 1. The van der Waals surface area contributed by atoms with Gasteiger partial charge in [-0.15, -0.1) is 11.3 Å².